The van der Waals surface area contributed by atoms with Crippen molar-refractivity contribution in [3.8, 4) is 11.3 Å². The summed E-state index contributed by atoms with van der Waals surface area (Å²) in [6.45, 7) is 6.22. The highest BCUT2D eigenvalue weighted by atomic mass is 16.4. The number of rotatable bonds is 2. The molecular weight excluding hydrogens is 200 g/mol. The number of oxazole rings is 1. The zero-order valence-corrected chi connectivity index (χ0v) is 9.82. The van der Waals surface area contributed by atoms with Crippen molar-refractivity contribution in [3.05, 3.63) is 35.6 Å². The minimum absolute atomic E-state index is 0.223. The maximum Gasteiger partial charge on any atom is 0.292 e. The summed E-state index contributed by atoms with van der Waals surface area (Å²) in [4.78, 5) is 4.17. The average Bonchev–Trinajstić information content (AvgIpc) is 2.58. The molecule has 2 rings (SSSR count). The van der Waals surface area contributed by atoms with Crippen molar-refractivity contribution < 1.29 is 4.42 Å². The molecule has 84 valence electrons. The molecule has 1 heterocycles. The van der Waals surface area contributed by atoms with Gasteiger partial charge in [-0.2, -0.15) is 4.98 Å². The van der Waals surface area contributed by atoms with E-state index >= 15 is 0 Å². The fraction of sp³-hybridized carbons (Fsp3) is 0.308. The van der Waals surface area contributed by atoms with Crippen LogP contribution in [-0.2, 0) is 0 Å². The summed E-state index contributed by atoms with van der Waals surface area (Å²) in [6, 6.07) is 8.56. The average molecular weight is 216 g/mol. The lowest BCUT2D eigenvalue weighted by molar-refractivity contribution is 0.549. The second kappa shape index (κ2) is 4.00. The lowest BCUT2D eigenvalue weighted by Crippen LogP contribution is -1.88. The molecule has 0 saturated carbocycles. The first-order valence-corrected chi connectivity index (χ1v) is 5.41. The summed E-state index contributed by atoms with van der Waals surface area (Å²) in [6.07, 6.45) is 0. The molecule has 2 N–H and O–H groups in total. The summed E-state index contributed by atoms with van der Waals surface area (Å²) in [5, 5.41) is 0. The molecule has 0 aliphatic carbocycles. The van der Waals surface area contributed by atoms with Gasteiger partial charge in [-0.1, -0.05) is 38.1 Å². The Morgan fingerprint density at radius 3 is 2.25 bits per heavy atom. The van der Waals surface area contributed by atoms with Gasteiger partial charge in [0.25, 0.3) is 6.01 Å². The molecule has 1 aromatic heterocycles. The van der Waals surface area contributed by atoms with Gasteiger partial charge >= 0.3 is 0 Å². The summed E-state index contributed by atoms with van der Waals surface area (Å²) >= 11 is 0. The lowest BCUT2D eigenvalue weighted by Gasteiger charge is -2.05. The van der Waals surface area contributed by atoms with Gasteiger partial charge in [-0.15, -0.1) is 0 Å². The second-order valence-electron chi connectivity index (χ2n) is 4.23. The van der Waals surface area contributed by atoms with Crippen molar-refractivity contribution in [2.75, 3.05) is 5.73 Å². The van der Waals surface area contributed by atoms with Gasteiger partial charge in [-0.3, -0.25) is 0 Å². The number of aromatic nitrogens is 1. The first-order chi connectivity index (χ1) is 7.58. The first kappa shape index (κ1) is 10.7. The topological polar surface area (TPSA) is 52.0 Å². The van der Waals surface area contributed by atoms with E-state index in [-0.39, 0.29) is 6.01 Å². The molecule has 0 fully saturated rings. The number of nitrogen functional groups attached to an aromatic ring is 1. The van der Waals surface area contributed by atoms with Crippen LogP contribution in [0.2, 0.25) is 0 Å². The molecule has 0 aliphatic heterocycles. The zero-order valence-electron chi connectivity index (χ0n) is 9.82. The Labute approximate surface area is 95.3 Å². The first-order valence-electron chi connectivity index (χ1n) is 5.41. The molecule has 0 saturated heterocycles. The molecule has 16 heavy (non-hydrogen) atoms. The SMILES string of the molecule is Cc1oc(N)nc1-c1ccc(C(C)C)cc1. The molecule has 0 radical (unpaired) electrons. The number of benzene rings is 1. The van der Waals surface area contributed by atoms with Crippen molar-refractivity contribution in [1.82, 2.24) is 4.98 Å². The smallest absolute Gasteiger partial charge is 0.292 e. The van der Waals surface area contributed by atoms with Gasteiger partial charge in [-0.25, -0.2) is 0 Å². The van der Waals surface area contributed by atoms with Crippen LogP contribution >= 0.6 is 0 Å². The molecule has 0 spiro atoms. The maximum absolute atomic E-state index is 5.52. The van der Waals surface area contributed by atoms with Gasteiger partial charge in [0.2, 0.25) is 0 Å². The van der Waals surface area contributed by atoms with Gasteiger partial charge in [0.15, 0.2) is 0 Å². The van der Waals surface area contributed by atoms with Crippen LogP contribution in [0.5, 0.6) is 0 Å². The van der Waals surface area contributed by atoms with Crippen LogP contribution in [0.4, 0.5) is 6.01 Å². The van der Waals surface area contributed by atoms with E-state index in [2.05, 4.69) is 43.1 Å². The molecule has 3 heteroatoms. The zero-order chi connectivity index (χ0) is 11.7. The molecule has 0 unspecified atom stereocenters. The number of nitrogens with zero attached hydrogens (tertiary/aromatic N) is 1. The van der Waals surface area contributed by atoms with E-state index in [1.807, 2.05) is 6.92 Å². The number of aryl methyl sites for hydroxylation is 1. The summed E-state index contributed by atoms with van der Waals surface area (Å²) in [5.74, 6) is 1.30. The van der Waals surface area contributed by atoms with Gasteiger partial charge in [0.05, 0.1) is 0 Å². The van der Waals surface area contributed by atoms with Crippen LogP contribution in [-0.4, -0.2) is 4.98 Å². The highest BCUT2D eigenvalue weighted by Crippen LogP contribution is 2.25. The fourth-order valence-corrected chi connectivity index (χ4v) is 1.71. The van der Waals surface area contributed by atoms with Crippen molar-refractivity contribution in [2.45, 2.75) is 26.7 Å². The van der Waals surface area contributed by atoms with Crippen LogP contribution in [0.3, 0.4) is 0 Å². The Morgan fingerprint density at radius 1 is 1.19 bits per heavy atom. The standard InChI is InChI=1S/C13H16N2O/c1-8(2)10-4-6-11(7-5-10)12-9(3)16-13(14)15-12/h4-8H,1-3H3,(H2,14,15). The normalized spacial score (nSPS) is 11.0. The highest BCUT2D eigenvalue weighted by molar-refractivity contribution is 5.62. The number of nitrogens with two attached hydrogens (primary N) is 1. The monoisotopic (exact) mass is 216 g/mol. The Balaban J connectivity index is 2.38. The minimum Gasteiger partial charge on any atom is -0.429 e. The molecule has 0 atom stereocenters. The summed E-state index contributed by atoms with van der Waals surface area (Å²) in [7, 11) is 0. The van der Waals surface area contributed by atoms with Crippen molar-refractivity contribution in [3.63, 3.8) is 0 Å². The maximum atomic E-state index is 5.52. The van der Waals surface area contributed by atoms with Crippen LogP contribution < -0.4 is 5.73 Å². The van der Waals surface area contributed by atoms with E-state index < -0.39 is 0 Å². The predicted molar refractivity (Wildman–Crippen MR) is 65.2 cm³/mol. The predicted octanol–water partition coefficient (Wildman–Crippen LogP) is 3.36. The quantitative estimate of drug-likeness (QED) is 0.837. The Hall–Kier alpha value is -1.77. The molecule has 1 aromatic carbocycles. The van der Waals surface area contributed by atoms with Crippen LogP contribution in [0.15, 0.2) is 28.7 Å². The molecule has 0 amide bonds. The number of anilines is 1. The van der Waals surface area contributed by atoms with E-state index in [1.54, 1.807) is 0 Å². The Morgan fingerprint density at radius 2 is 1.81 bits per heavy atom. The lowest BCUT2D eigenvalue weighted by atomic mass is 10.0. The van der Waals surface area contributed by atoms with Gasteiger partial charge < -0.3 is 10.2 Å². The molecule has 0 bridgehead atoms. The third kappa shape index (κ3) is 1.94. The second-order valence-corrected chi connectivity index (χ2v) is 4.23. The van der Waals surface area contributed by atoms with E-state index in [9.17, 15) is 0 Å². The van der Waals surface area contributed by atoms with Crippen LogP contribution in [0.25, 0.3) is 11.3 Å². The van der Waals surface area contributed by atoms with E-state index in [0.29, 0.717) is 5.92 Å². The Bertz CT molecular complexity index is 483. The summed E-state index contributed by atoms with van der Waals surface area (Å²) < 4.78 is 5.21. The van der Waals surface area contributed by atoms with Crippen molar-refractivity contribution >= 4 is 6.01 Å². The number of hydrogen-bond donors (Lipinski definition) is 1. The van der Waals surface area contributed by atoms with Gasteiger partial charge in [-0.05, 0) is 18.4 Å². The summed E-state index contributed by atoms with van der Waals surface area (Å²) in [5.41, 5.74) is 8.71. The van der Waals surface area contributed by atoms with E-state index in [1.165, 1.54) is 5.56 Å². The highest BCUT2D eigenvalue weighted by Gasteiger charge is 2.09. The third-order valence-electron chi connectivity index (χ3n) is 2.66. The largest absolute Gasteiger partial charge is 0.429 e. The number of hydrogen-bond acceptors (Lipinski definition) is 3. The third-order valence-corrected chi connectivity index (χ3v) is 2.66. The fourth-order valence-electron chi connectivity index (χ4n) is 1.71. The minimum atomic E-state index is 0.223. The van der Waals surface area contributed by atoms with Crippen molar-refractivity contribution in [1.29, 1.82) is 0 Å². The Kier molecular flexibility index (Phi) is 2.69. The van der Waals surface area contributed by atoms with E-state index in [4.69, 9.17) is 10.2 Å². The van der Waals surface area contributed by atoms with Gasteiger partial charge in [0, 0.05) is 5.56 Å². The molecule has 2 aromatic rings. The van der Waals surface area contributed by atoms with Crippen molar-refractivity contribution in [2.24, 2.45) is 0 Å². The van der Waals surface area contributed by atoms with E-state index in [0.717, 1.165) is 17.0 Å². The molecule has 0 aliphatic rings. The van der Waals surface area contributed by atoms with Crippen LogP contribution in [0, 0.1) is 6.92 Å². The molecule has 3 nitrogen and oxygen atoms in total. The molecular formula is C13H16N2O. The van der Waals surface area contributed by atoms with Gasteiger partial charge in [0.1, 0.15) is 11.5 Å². The van der Waals surface area contributed by atoms with Crippen LogP contribution in [0.1, 0.15) is 31.1 Å².